The summed E-state index contributed by atoms with van der Waals surface area (Å²) in [6.07, 6.45) is 0.367. The third kappa shape index (κ3) is 7.85. The fraction of sp³-hybridized carbons (Fsp3) is 0.273. The van der Waals surface area contributed by atoms with Crippen molar-refractivity contribution in [3.8, 4) is 5.75 Å². The molecule has 8 heteroatoms. The molecule has 0 aromatic heterocycles. The molecule has 2 rings (SSSR count). The summed E-state index contributed by atoms with van der Waals surface area (Å²) in [7, 11) is 3.96. The third-order valence-corrected chi connectivity index (χ3v) is 4.32. The van der Waals surface area contributed by atoms with Crippen LogP contribution in [0.2, 0.25) is 5.02 Å². The van der Waals surface area contributed by atoms with E-state index in [1.54, 1.807) is 12.1 Å². The van der Waals surface area contributed by atoms with E-state index in [2.05, 4.69) is 17.2 Å². The summed E-state index contributed by atoms with van der Waals surface area (Å²) in [4.78, 5) is 26.1. The van der Waals surface area contributed by atoms with Gasteiger partial charge in [-0.2, -0.15) is 0 Å². The number of benzene rings is 2. The SMILES string of the molecule is C=C(CCNC(=O)COc1ccc(Cl)c(F)c1)NC(=O)c1ccc(CN(C)C)cc1. The van der Waals surface area contributed by atoms with Gasteiger partial charge in [0.05, 0.1) is 5.02 Å². The molecule has 0 aliphatic carbocycles. The Morgan fingerprint density at radius 3 is 2.50 bits per heavy atom. The van der Waals surface area contributed by atoms with Gasteiger partial charge in [-0.15, -0.1) is 0 Å². The lowest BCUT2D eigenvalue weighted by molar-refractivity contribution is -0.123. The average Bonchev–Trinajstić information content (AvgIpc) is 2.69. The zero-order chi connectivity index (χ0) is 22.1. The van der Waals surface area contributed by atoms with Crippen molar-refractivity contribution in [1.82, 2.24) is 15.5 Å². The Bertz CT molecular complexity index is 901. The summed E-state index contributed by atoms with van der Waals surface area (Å²) < 4.78 is 18.5. The molecule has 0 aliphatic heterocycles. The lowest BCUT2D eigenvalue weighted by Crippen LogP contribution is -2.31. The van der Waals surface area contributed by atoms with Gasteiger partial charge in [0.2, 0.25) is 0 Å². The van der Waals surface area contributed by atoms with Crippen molar-refractivity contribution in [3.05, 3.63) is 76.7 Å². The zero-order valence-corrected chi connectivity index (χ0v) is 17.8. The predicted octanol–water partition coefficient (Wildman–Crippen LogP) is 3.37. The Hall–Kier alpha value is -2.90. The van der Waals surface area contributed by atoms with Crippen LogP contribution >= 0.6 is 11.6 Å². The van der Waals surface area contributed by atoms with Crippen LogP contribution in [-0.2, 0) is 11.3 Å². The Morgan fingerprint density at radius 1 is 1.17 bits per heavy atom. The van der Waals surface area contributed by atoms with E-state index in [0.29, 0.717) is 17.7 Å². The number of amides is 2. The molecule has 0 spiro atoms. The van der Waals surface area contributed by atoms with Crippen molar-refractivity contribution in [2.24, 2.45) is 0 Å². The molecule has 0 atom stereocenters. The van der Waals surface area contributed by atoms with Crippen LogP contribution in [0.3, 0.4) is 0 Å². The number of hydrogen-bond acceptors (Lipinski definition) is 4. The lowest BCUT2D eigenvalue weighted by atomic mass is 10.1. The summed E-state index contributed by atoms with van der Waals surface area (Å²) in [5, 5.41) is 5.35. The quantitative estimate of drug-likeness (QED) is 0.602. The average molecular weight is 434 g/mol. The van der Waals surface area contributed by atoms with Gasteiger partial charge in [0, 0.05) is 36.8 Å². The van der Waals surface area contributed by atoms with Gasteiger partial charge in [0.1, 0.15) is 11.6 Å². The van der Waals surface area contributed by atoms with E-state index in [1.807, 2.05) is 31.1 Å². The highest BCUT2D eigenvalue weighted by molar-refractivity contribution is 6.30. The molecule has 0 unspecified atom stereocenters. The molecule has 0 bridgehead atoms. The van der Waals surface area contributed by atoms with Gasteiger partial charge < -0.3 is 20.3 Å². The maximum atomic E-state index is 13.3. The molecule has 0 radical (unpaired) electrons. The highest BCUT2D eigenvalue weighted by atomic mass is 35.5. The Kier molecular flexibility index (Phi) is 8.83. The van der Waals surface area contributed by atoms with Crippen LogP contribution in [0.25, 0.3) is 0 Å². The molecular weight excluding hydrogens is 409 g/mol. The molecule has 6 nitrogen and oxygen atoms in total. The van der Waals surface area contributed by atoms with Crippen molar-refractivity contribution in [2.45, 2.75) is 13.0 Å². The summed E-state index contributed by atoms with van der Waals surface area (Å²) in [5.74, 6) is -1.04. The largest absolute Gasteiger partial charge is 0.484 e. The molecule has 0 fully saturated rings. The number of nitrogens with one attached hydrogen (secondary N) is 2. The van der Waals surface area contributed by atoms with Crippen LogP contribution in [0, 0.1) is 5.82 Å². The number of carbonyl (C=O) groups excluding carboxylic acids is 2. The number of ether oxygens (including phenoxy) is 1. The molecule has 2 N–H and O–H groups in total. The second-order valence-corrected chi connectivity index (χ2v) is 7.36. The van der Waals surface area contributed by atoms with Crippen molar-refractivity contribution in [3.63, 3.8) is 0 Å². The smallest absolute Gasteiger partial charge is 0.257 e. The minimum absolute atomic E-state index is 0.0168. The van der Waals surface area contributed by atoms with Crippen molar-refractivity contribution in [1.29, 1.82) is 0 Å². The number of halogens is 2. The van der Waals surface area contributed by atoms with Crippen LogP contribution < -0.4 is 15.4 Å². The first-order chi connectivity index (χ1) is 14.2. The fourth-order valence-electron chi connectivity index (χ4n) is 2.54. The second kappa shape index (κ2) is 11.3. The first kappa shape index (κ1) is 23.4. The zero-order valence-electron chi connectivity index (χ0n) is 17.0. The van der Waals surface area contributed by atoms with Gasteiger partial charge in [-0.3, -0.25) is 9.59 Å². The summed E-state index contributed by atoms with van der Waals surface area (Å²) >= 11 is 5.59. The van der Waals surface area contributed by atoms with Gasteiger partial charge in [0.15, 0.2) is 6.61 Å². The van der Waals surface area contributed by atoms with Gasteiger partial charge in [-0.1, -0.05) is 30.3 Å². The topological polar surface area (TPSA) is 70.7 Å². The normalized spacial score (nSPS) is 10.6. The number of carbonyl (C=O) groups is 2. The van der Waals surface area contributed by atoms with E-state index in [1.165, 1.54) is 12.1 Å². The van der Waals surface area contributed by atoms with E-state index in [-0.39, 0.29) is 35.7 Å². The van der Waals surface area contributed by atoms with Gasteiger partial charge in [-0.05, 0) is 43.9 Å². The monoisotopic (exact) mass is 433 g/mol. The molecule has 2 aromatic rings. The van der Waals surface area contributed by atoms with Crippen LogP contribution in [0.4, 0.5) is 4.39 Å². The standard InChI is InChI=1S/C22H25ClFN3O3/c1-15(26-22(29)17-6-4-16(5-7-17)13-27(2)3)10-11-25-21(28)14-30-18-8-9-19(23)20(24)12-18/h4-9,12H,1,10-11,13-14H2,2-3H3,(H,25,28)(H,26,29). The van der Waals surface area contributed by atoms with Gasteiger partial charge >= 0.3 is 0 Å². The van der Waals surface area contributed by atoms with E-state index in [4.69, 9.17) is 16.3 Å². The predicted molar refractivity (Wildman–Crippen MR) is 115 cm³/mol. The van der Waals surface area contributed by atoms with E-state index in [9.17, 15) is 14.0 Å². The Labute approximate surface area is 180 Å². The maximum absolute atomic E-state index is 13.3. The molecule has 160 valence electrons. The number of nitrogens with zero attached hydrogens (tertiary/aromatic N) is 1. The van der Waals surface area contributed by atoms with Gasteiger partial charge in [-0.25, -0.2) is 4.39 Å². The summed E-state index contributed by atoms with van der Waals surface area (Å²) in [6.45, 7) is 4.62. The van der Waals surface area contributed by atoms with Crippen molar-refractivity contribution in [2.75, 3.05) is 27.2 Å². The molecular formula is C22H25ClFN3O3. The number of rotatable bonds is 10. The minimum atomic E-state index is -0.617. The van der Waals surface area contributed by atoms with Crippen molar-refractivity contribution < 1.29 is 18.7 Å². The van der Waals surface area contributed by atoms with E-state index >= 15 is 0 Å². The minimum Gasteiger partial charge on any atom is -0.484 e. The van der Waals surface area contributed by atoms with Gasteiger partial charge in [0.25, 0.3) is 11.8 Å². The van der Waals surface area contributed by atoms with Crippen LogP contribution in [-0.4, -0.2) is 44.0 Å². The second-order valence-electron chi connectivity index (χ2n) is 6.96. The van der Waals surface area contributed by atoms with Crippen molar-refractivity contribution >= 4 is 23.4 Å². The molecule has 0 saturated heterocycles. The number of hydrogen-bond donors (Lipinski definition) is 2. The molecule has 0 heterocycles. The van der Waals surface area contributed by atoms with Crippen LogP contribution in [0.5, 0.6) is 5.75 Å². The van der Waals surface area contributed by atoms with E-state index in [0.717, 1.165) is 18.2 Å². The maximum Gasteiger partial charge on any atom is 0.257 e. The Morgan fingerprint density at radius 2 is 1.87 bits per heavy atom. The van der Waals surface area contributed by atoms with E-state index < -0.39 is 5.82 Å². The summed E-state index contributed by atoms with van der Waals surface area (Å²) in [5.41, 5.74) is 2.13. The highest BCUT2D eigenvalue weighted by Gasteiger charge is 2.09. The lowest BCUT2D eigenvalue weighted by Gasteiger charge is -2.12. The third-order valence-electron chi connectivity index (χ3n) is 4.02. The Balaban J connectivity index is 1.69. The fourth-order valence-corrected chi connectivity index (χ4v) is 2.66. The molecule has 2 aromatic carbocycles. The van der Waals surface area contributed by atoms with Crippen LogP contribution in [0.1, 0.15) is 22.3 Å². The first-order valence-electron chi connectivity index (χ1n) is 9.32. The first-order valence-corrected chi connectivity index (χ1v) is 9.69. The highest BCUT2D eigenvalue weighted by Crippen LogP contribution is 2.20. The molecule has 30 heavy (non-hydrogen) atoms. The molecule has 0 saturated carbocycles. The molecule has 2 amide bonds. The van der Waals surface area contributed by atoms with Crippen LogP contribution in [0.15, 0.2) is 54.7 Å². The summed E-state index contributed by atoms with van der Waals surface area (Å²) in [6, 6.07) is 11.3. The molecule has 0 aliphatic rings.